The molecule has 4 rings (SSSR count). The number of aliphatic carboxylic acids is 1. The summed E-state index contributed by atoms with van der Waals surface area (Å²) in [5.74, 6) is -1.72. The van der Waals surface area contributed by atoms with Crippen LogP contribution in [0.5, 0.6) is 0 Å². The number of amides is 1. The van der Waals surface area contributed by atoms with Gasteiger partial charge in [0.05, 0.1) is 4.90 Å². The number of rotatable bonds is 9. The third kappa shape index (κ3) is 5.48. The Labute approximate surface area is 209 Å². The number of carbonyl (C=O) groups excluding carboxylic acids is 1. The van der Waals surface area contributed by atoms with E-state index in [2.05, 4.69) is 10.0 Å². The first-order valence-corrected chi connectivity index (χ1v) is 12.9. The number of fused-ring (bicyclic) bond motifs is 1. The minimum atomic E-state index is -4.00. The van der Waals surface area contributed by atoms with Crippen LogP contribution in [-0.4, -0.2) is 31.4 Å². The molecule has 0 saturated heterocycles. The lowest BCUT2D eigenvalue weighted by Crippen LogP contribution is -2.44. The van der Waals surface area contributed by atoms with Crippen molar-refractivity contribution in [1.29, 1.82) is 0 Å². The first kappa shape index (κ1) is 25.2. The number of carboxylic acid groups (broad SMARTS) is 1. The molecule has 0 spiro atoms. The number of hydrogen-bond donors (Lipinski definition) is 3. The number of carboxylic acids is 1. The van der Waals surface area contributed by atoms with Crippen LogP contribution in [0.4, 0.5) is 5.69 Å². The molecule has 4 aromatic rings. The molecule has 186 valence electrons. The first-order valence-electron chi connectivity index (χ1n) is 11.4. The molecule has 0 saturated carbocycles. The number of nitrogens with one attached hydrogen (secondary N) is 2. The van der Waals surface area contributed by atoms with Gasteiger partial charge in [-0.1, -0.05) is 62.7 Å². The largest absolute Gasteiger partial charge is 0.480 e. The molecule has 0 aliphatic rings. The number of hydrogen-bond acceptors (Lipinski definition) is 5. The van der Waals surface area contributed by atoms with Gasteiger partial charge in [0, 0.05) is 11.1 Å². The number of anilines is 1. The molecule has 0 radical (unpaired) electrons. The van der Waals surface area contributed by atoms with Gasteiger partial charge in [-0.2, -0.15) is 4.72 Å². The van der Waals surface area contributed by atoms with Crippen molar-refractivity contribution in [3.63, 3.8) is 0 Å². The molecule has 0 aliphatic carbocycles. The van der Waals surface area contributed by atoms with E-state index in [0.29, 0.717) is 17.7 Å². The average Bonchev–Trinajstić information content (AvgIpc) is 3.32. The van der Waals surface area contributed by atoms with Crippen LogP contribution in [0.25, 0.3) is 22.1 Å². The molecular formula is C27H26N2O6S. The van der Waals surface area contributed by atoms with E-state index < -0.39 is 22.0 Å². The van der Waals surface area contributed by atoms with E-state index in [1.807, 2.05) is 18.2 Å². The highest BCUT2D eigenvalue weighted by atomic mass is 32.2. The quantitative estimate of drug-likeness (QED) is 0.289. The summed E-state index contributed by atoms with van der Waals surface area (Å²) in [4.78, 5) is 24.0. The Kier molecular flexibility index (Phi) is 7.23. The van der Waals surface area contributed by atoms with Gasteiger partial charge in [-0.3, -0.25) is 9.59 Å². The zero-order valence-corrected chi connectivity index (χ0v) is 20.6. The Hall–Kier alpha value is -3.95. The SMILES string of the molecule is CCC(C)[C@H](NS(=O)(=O)c1ccc(-c2ccc(NC(=O)c3cc4ccccc4o3)cc2)cc1)C(=O)O. The third-order valence-electron chi connectivity index (χ3n) is 6.05. The summed E-state index contributed by atoms with van der Waals surface area (Å²) >= 11 is 0. The van der Waals surface area contributed by atoms with Gasteiger partial charge in [-0.25, -0.2) is 8.42 Å². The van der Waals surface area contributed by atoms with Gasteiger partial charge in [-0.05, 0) is 53.4 Å². The molecule has 1 heterocycles. The van der Waals surface area contributed by atoms with Crippen molar-refractivity contribution in [3.05, 3.63) is 84.6 Å². The van der Waals surface area contributed by atoms with E-state index in [1.54, 1.807) is 62.4 Å². The number of carbonyl (C=O) groups is 2. The van der Waals surface area contributed by atoms with Crippen LogP contribution in [0.1, 0.15) is 30.8 Å². The van der Waals surface area contributed by atoms with Crippen LogP contribution < -0.4 is 10.0 Å². The van der Waals surface area contributed by atoms with E-state index in [4.69, 9.17) is 4.42 Å². The Balaban J connectivity index is 1.45. The minimum Gasteiger partial charge on any atom is -0.480 e. The lowest BCUT2D eigenvalue weighted by atomic mass is 10.0. The van der Waals surface area contributed by atoms with E-state index >= 15 is 0 Å². The topological polar surface area (TPSA) is 126 Å². The van der Waals surface area contributed by atoms with Crippen molar-refractivity contribution >= 4 is 38.6 Å². The molecule has 8 nitrogen and oxygen atoms in total. The van der Waals surface area contributed by atoms with Crippen molar-refractivity contribution < 1.29 is 27.5 Å². The Morgan fingerprint density at radius 1 is 0.944 bits per heavy atom. The van der Waals surface area contributed by atoms with E-state index in [1.165, 1.54) is 12.1 Å². The van der Waals surface area contributed by atoms with Gasteiger partial charge in [0.2, 0.25) is 10.0 Å². The van der Waals surface area contributed by atoms with Crippen LogP contribution >= 0.6 is 0 Å². The van der Waals surface area contributed by atoms with E-state index in [0.717, 1.165) is 16.5 Å². The summed E-state index contributed by atoms with van der Waals surface area (Å²) in [6, 6.07) is 21.1. The van der Waals surface area contributed by atoms with Crippen LogP contribution in [-0.2, 0) is 14.8 Å². The molecule has 0 bridgehead atoms. The Morgan fingerprint density at radius 3 is 2.14 bits per heavy atom. The monoisotopic (exact) mass is 506 g/mol. The van der Waals surface area contributed by atoms with Gasteiger partial charge < -0.3 is 14.8 Å². The highest BCUT2D eigenvalue weighted by Crippen LogP contribution is 2.25. The predicted octanol–water partition coefficient (Wildman–Crippen LogP) is 5.13. The third-order valence-corrected chi connectivity index (χ3v) is 7.51. The maximum absolute atomic E-state index is 12.7. The maximum atomic E-state index is 12.7. The number of sulfonamides is 1. The first-order chi connectivity index (χ1) is 17.2. The summed E-state index contributed by atoms with van der Waals surface area (Å²) < 4.78 is 33.3. The summed E-state index contributed by atoms with van der Waals surface area (Å²) in [6.45, 7) is 3.49. The van der Waals surface area contributed by atoms with Crippen LogP contribution in [0, 0.1) is 5.92 Å². The van der Waals surface area contributed by atoms with Gasteiger partial charge in [0.15, 0.2) is 5.76 Å². The zero-order chi connectivity index (χ0) is 25.9. The van der Waals surface area contributed by atoms with Crippen molar-refractivity contribution in [2.75, 3.05) is 5.32 Å². The molecule has 36 heavy (non-hydrogen) atoms. The normalized spacial score (nSPS) is 13.3. The standard InChI is InChI=1S/C27H26N2O6S/c1-3-17(2)25(27(31)32)29-36(33,34)22-14-10-19(11-15-22)18-8-12-21(13-9-18)28-26(30)24-16-20-6-4-5-7-23(20)35-24/h4-17,25,29H,3H2,1-2H3,(H,28,30)(H,31,32)/t17?,25-/m0/s1. The fourth-order valence-electron chi connectivity index (χ4n) is 3.74. The molecule has 3 N–H and O–H groups in total. The summed E-state index contributed by atoms with van der Waals surface area (Å²) in [5.41, 5.74) is 2.80. The van der Waals surface area contributed by atoms with Crippen molar-refractivity contribution in [1.82, 2.24) is 4.72 Å². The second-order valence-corrected chi connectivity index (χ2v) is 10.2. The van der Waals surface area contributed by atoms with E-state index in [-0.39, 0.29) is 22.5 Å². The second kappa shape index (κ2) is 10.3. The van der Waals surface area contributed by atoms with Crippen LogP contribution in [0.15, 0.2) is 88.2 Å². The minimum absolute atomic E-state index is 0.0180. The summed E-state index contributed by atoms with van der Waals surface area (Å²) in [7, 11) is -4.00. The van der Waals surface area contributed by atoms with Crippen molar-refractivity contribution in [3.8, 4) is 11.1 Å². The molecule has 1 aromatic heterocycles. The number of para-hydroxylation sites is 1. The predicted molar refractivity (Wildman–Crippen MR) is 137 cm³/mol. The molecule has 0 aliphatic heterocycles. The van der Waals surface area contributed by atoms with Gasteiger partial charge in [0.1, 0.15) is 11.6 Å². The highest BCUT2D eigenvalue weighted by Gasteiger charge is 2.29. The van der Waals surface area contributed by atoms with Crippen molar-refractivity contribution in [2.45, 2.75) is 31.2 Å². The van der Waals surface area contributed by atoms with Crippen LogP contribution in [0.2, 0.25) is 0 Å². The fraction of sp³-hybridized carbons (Fsp3) is 0.185. The molecule has 3 aromatic carbocycles. The smallest absolute Gasteiger partial charge is 0.322 e. The highest BCUT2D eigenvalue weighted by molar-refractivity contribution is 7.89. The van der Waals surface area contributed by atoms with Crippen molar-refractivity contribution in [2.24, 2.45) is 5.92 Å². The molecule has 1 amide bonds. The second-order valence-electron chi connectivity index (χ2n) is 8.53. The lowest BCUT2D eigenvalue weighted by Gasteiger charge is -2.20. The number of benzene rings is 3. The zero-order valence-electron chi connectivity index (χ0n) is 19.8. The van der Waals surface area contributed by atoms with Gasteiger partial charge in [-0.15, -0.1) is 0 Å². The summed E-state index contributed by atoms with van der Waals surface area (Å²) in [5, 5.41) is 13.0. The fourth-order valence-corrected chi connectivity index (χ4v) is 5.04. The Morgan fingerprint density at radius 2 is 1.56 bits per heavy atom. The molecular weight excluding hydrogens is 480 g/mol. The van der Waals surface area contributed by atoms with Gasteiger partial charge >= 0.3 is 5.97 Å². The molecule has 9 heteroatoms. The molecule has 2 atom stereocenters. The molecule has 0 fully saturated rings. The van der Waals surface area contributed by atoms with Crippen LogP contribution in [0.3, 0.4) is 0 Å². The van der Waals surface area contributed by atoms with Gasteiger partial charge in [0.25, 0.3) is 5.91 Å². The summed E-state index contributed by atoms with van der Waals surface area (Å²) in [6.07, 6.45) is 0.521. The van der Waals surface area contributed by atoms with E-state index in [9.17, 15) is 23.1 Å². The molecule has 1 unspecified atom stereocenters. The number of furan rings is 1. The Bertz CT molecular complexity index is 1460. The average molecular weight is 507 g/mol. The maximum Gasteiger partial charge on any atom is 0.322 e. The lowest BCUT2D eigenvalue weighted by molar-refractivity contribution is -0.140.